The molecule has 102 valence electrons. The first-order chi connectivity index (χ1) is 9.63. The van der Waals surface area contributed by atoms with E-state index >= 15 is 0 Å². The van der Waals surface area contributed by atoms with Gasteiger partial charge in [-0.3, -0.25) is 4.79 Å². The minimum Gasteiger partial charge on any atom is -0.463 e. The summed E-state index contributed by atoms with van der Waals surface area (Å²) in [5, 5.41) is -0.0354. The number of Topliss-reactive ketones (excluding diaryl/α,β-unsaturated/α-hetero) is 1. The van der Waals surface area contributed by atoms with E-state index in [1.54, 1.807) is 24.3 Å². The van der Waals surface area contributed by atoms with Gasteiger partial charge in [-0.2, -0.15) is 0 Å². The number of nitrogens with zero attached hydrogens (tertiary/aromatic N) is 1. The molecule has 0 saturated heterocycles. The van der Waals surface area contributed by atoms with Gasteiger partial charge in [-0.25, -0.2) is 9.78 Å². The average Bonchev–Trinajstić information content (AvgIpc) is 2.49. The number of pyridine rings is 1. The number of aromatic nitrogens is 1. The number of esters is 1. The van der Waals surface area contributed by atoms with E-state index < -0.39 is 11.8 Å². The Labute approximate surface area is 120 Å². The van der Waals surface area contributed by atoms with Gasteiger partial charge in [0.15, 0.2) is 0 Å². The highest BCUT2D eigenvalue weighted by Crippen LogP contribution is 2.30. The van der Waals surface area contributed by atoms with Crippen LogP contribution in [-0.2, 0) is 9.53 Å². The molecule has 1 heterocycles. The summed E-state index contributed by atoms with van der Waals surface area (Å²) in [5.41, 5.74) is -0.0144. The predicted molar refractivity (Wildman–Crippen MR) is 72.1 cm³/mol. The molecule has 0 saturated carbocycles. The molecule has 0 unspecified atom stereocenters. The number of benzene rings is 1. The molecule has 6 heteroatoms. The average molecular weight is 292 g/mol. The highest BCUT2D eigenvalue weighted by Gasteiger charge is 2.22. The summed E-state index contributed by atoms with van der Waals surface area (Å²) in [4.78, 5) is 26.9. The Bertz CT molecular complexity index is 643. The maximum absolute atomic E-state index is 11.8. The van der Waals surface area contributed by atoms with Crippen LogP contribution in [0.3, 0.4) is 0 Å². The van der Waals surface area contributed by atoms with Crippen molar-refractivity contribution in [3.05, 3.63) is 53.2 Å². The Morgan fingerprint density at radius 1 is 1.15 bits per heavy atom. The first-order valence-electron chi connectivity index (χ1n) is 5.63. The fourth-order valence-electron chi connectivity index (χ4n) is 1.47. The van der Waals surface area contributed by atoms with Gasteiger partial charge in [-0.15, -0.1) is 0 Å². The largest absolute Gasteiger partial charge is 0.463 e. The highest BCUT2D eigenvalue weighted by molar-refractivity contribution is 6.45. The molecule has 1 aromatic heterocycles. The molecule has 0 atom stereocenters. The van der Waals surface area contributed by atoms with E-state index in [9.17, 15) is 9.59 Å². The third kappa shape index (κ3) is 2.95. The third-order valence-corrected chi connectivity index (χ3v) is 2.80. The third-order valence-electron chi connectivity index (χ3n) is 2.43. The van der Waals surface area contributed by atoms with E-state index in [2.05, 4.69) is 9.72 Å². The summed E-state index contributed by atoms with van der Waals surface area (Å²) >= 11 is 6.04. The Hall–Kier alpha value is -2.40. The molecule has 20 heavy (non-hydrogen) atoms. The van der Waals surface area contributed by atoms with Crippen LogP contribution in [0.2, 0.25) is 5.02 Å². The van der Waals surface area contributed by atoms with Gasteiger partial charge in [-0.05, 0) is 18.2 Å². The van der Waals surface area contributed by atoms with Crippen molar-refractivity contribution in [3.63, 3.8) is 0 Å². The van der Waals surface area contributed by atoms with Gasteiger partial charge in [0.2, 0.25) is 5.88 Å². The molecular formula is C14H10ClNO4. The first-order valence-corrected chi connectivity index (χ1v) is 6.01. The molecule has 2 rings (SSSR count). The van der Waals surface area contributed by atoms with Crippen LogP contribution >= 0.6 is 11.6 Å². The first kappa shape index (κ1) is 14.0. The summed E-state index contributed by atoms with van der Waals surface area (Å²) in [6.07, 6.45) is 1.33. The summed E-state index contributed by atoms with van der Waals surface area (Å²) in [7, 11) is 1.12. The van der Waals surface area contributed by atoms with Crippen LogP contribution in [0.1, 0.15) is 10.4 Å². The minimum absolute atomic E-state index is 0.0144. The molecule has 0 aliphatic carbocycles. The summed E-state index contributed by atoms with van der Waals surface area (Å²) in [6, 6.07) is 10.2. The molecule has 0 amide bonds. The predicted octanol–water partition coefficient (Wildman–Crippen LogP) is 2.88. The molecule has 0 fully saturated rings. The number of rotatable bonds is 4. The zero-order valence-corrected chi connectivity index (χ0v) is 11.3. The fraction of sp³-hybridized carbons (Fsp3) is 0.0714. The molecule has 0 spiro atoms. The van der Waals surface area contributed by atoms with Crippen LogP contribution in [0.4, 0.5) is 0 Å². The van der Waals surface area contributed by atoms with Gasteiger partial charge in [0.1, 0.15) is 10.8 Å². The lowest BCUT2D eigenvalue weighted by atomic mass is 10.2. The second kappa shape index (κ2) is 6.16. The van der Waals surface area contributed by atoms with Crippen molar-refractivity contribution in [3.8, 4) is 11.6 Å². The molecule has 1 aromatic carbocycles. The Morgan fingerprint density at radius 2 is 1.85 bits per heavy atom. The minimum atomic E-state index is -0.997. The van der Waals surface area contributed by atoms with E-state index in [-0.39, 0.29) is 16.5 Å². The van der Waals surface area contributed by atoms with Crippen molar-refractivity contribution in [2.24, 2.45) is 0 Å². The van der Waals surface area contributed by atoms with E-state index in [0.717, 1.165) is 7.11 Å². The fourth-order valence-corrected chi connectivity index (χ4v) is 1.71. The van der Waals surface area contributed by atoms with Gasteiger partial charge < -0.3 is 9.47 Å². The molecule has 0 bridgehead atoms. The molecule has 0 N–H and O–H groups in total. The summed E-state index contributed by atoms with van der Waals surface area (Å²) < 4.78 is 9.84. The summed E-state index contributed by atoms with van der Waals surface area (Å²) in [5.74, 6) is -1.28. The van der Waals surface area contributed by atoms with Gasteiger partial charge >= 0.3 is 5.97 Å². The number of hydrogen-bond donors (Lipinski definition) is 0. The van der Waals surface area contributed by atoms with Gasteiger partial charge in [0, 0.05) is 6.20 Å². The van der Waals surface area contributed by atoms with Crippen molar-refractivity contribution in [1.29, 1.82) is 0 Å². The number of para-hydroxylation sites is 1. The van der Waals surface area contributed by atoms with Crippen LogP contribution in [0, 0.1) is 0 Å². The Morgan fingerprint density at radius 3 is 2.50 bits per heavy atom. The number of methoxy groups -OCH3 is 1. The molecule has 5 nitrogen and oxygen atoms in total. The van der Waals surface area contributed by atoms with Crippen molar-refractivity contribution < 1.29 is 19.1 Å². The van der Waals surface area contributed by atoms with Gasteiger partial charge in [0.25, 0.3) is 5.78 Å². The van der Waals surface area contributed by atoms with Crippen molar-refractivity contribution in [2.45, 2.75) is 0 Å². The Balaban J connectivity index is 2.33. The normalized spacial score (nSPS) is 9.90. The zero-order chi connectivity index (χ0) is 14.5. The van der Waals surface area contributed by atoms with E-state index in [0.29, 0.717) is 5.75 Å². The van der Waals surface area contributed by atoms with E-state index in [1.165, 1.54) is 12.3 Å². The van der Waals surface area contributed by atoms with E-state index in [4.69, 9.17) is 16.3 Å². The molecule has 2 aromatic rings. The quantitative estimate of drug-likeness (QED) is 0.492. The van der Waals surface area contributed by atoms with Crippen LogP contribution in [0.25, 0.3) is 0 Å². The monoisotopic (exact) mass is 291 g/mol. The second-order valence-electron chi connectivity index (χ2n) is 3.71. The number of carbonyl (C=O) groups is 2. The Kier molecular flexibility index (Phi) is 4.32. The zero-order valence-electron chi connectivity index (χ0n) is 10.5. The summed E-state index contributed by atoms with van der Waals surface area (Å²) in [6.45, 7) is 0. The van der Waals surface area contributed by atoms with E-state index in [1.807, 2.05) is 6.07 Å². The van der Waals surface area contributed by atoms with Gasteiger partial charge in [-0.1, -0.05) is 29.8 Å². The van der Waals surface area contributed by atoms with Crippen LogP contribution in [-0.4, -0.2) is 23.8 Å². The number of carbonyl (C=O) groups excluding carboxylic acids is 2. The molecule has 0 aliphatic rings. The number of ketones is 1. The second-order valence-corrected chi connectivity index (χ2v) is 4.09. The molecule has 0 radical (unpaired) electrons. The SMILES string of the molecule is COC(=O)C(=O)c1ccnc(Oc2ccccc2)c1Cl. The van der Waals surface area contributed by atoms with Crippen LogP contribution < -0.4 is 4.74 Å². The van der Waals surface area contributed by atoms with Crippen LogP contribution in [0.15, 0.2) is 42.6 Å². The van der Waals surface area contributed by atoms with Crippen LogP contribution in [0.5, 0.6) is 11.6 Å². The van der Waals surface area contributed by atoms with Crippen molar-refractivity contribution in [1.82, 2.24) is 4.98 Å². The topological polar surface area (TPSA) is 65.5 Å². The smallest absolute Gasteiger partial charge is 0.379 e. The number of ether oxygens (including phenoxy) is 2. The lowest BCUT2D eigenvalue weighted by Gasteiger charge is -2.08. The lowest BCUT2D eigenvalue weighted by Crippen LogP contribution is -2.16. The number of halogens is 1. The lowest BCUT2D eigenvalue weighted by molar-refractivity contribution is -0.135. The number of hydrogen-bond acceptors (Lipinski definition) is 5. The van der Waals surface area contributed by atoms with Crippen molar-refractivity contribution >= 4 is 23.4 Å². The maximum atomic E-state index is 11.8. The standard InChI is InChI=1S/C14H10ClNO4/c1-19-14(18)12(17)10-7-8-16-13(11(10)15)20-9-5-3-2-4-6-9/h2-8H,1H3. The molecular weight excluding hydrogens is 282 g/mol. The molecule has 0 aliphatic heterocycles. The van der Waals surface area contributed by atoms with Crippen molar-refractivity contribution in [2.75, 3.05) is 7.11 Å². The highest BCUT2D eigenvalue weighted by atomic mass is 35.5. The van der Waals surface area contributed by atoms with Gasteiger partial charge in [0.05, 0.1) is 12.7 Å². The maximum Gasteiger partial charge on any atom is 0.379 e.